The summed E-state index contributed by atoms with van der Waals surface area (Å²) in [5.74, 6) is 0. The third-order valence-electron chi connectivity index (χ3n) is 2.48. The molecule has 0 spiro atoms. The van der Waals surface area contributed by atoms with Crippen LogP contribution >= 0.6 is 15.9 Å². The summed E-state index contributed by atoms with van der Waals surface area (Å²) in [6.07, 6.45) is 3.64. The van der Waals surface area contributed by atoms with Gasteiger partial charge in [0.15, 0.2) is 0 Å². The highest BCUT2D eigenvalue weighted by Crippen LogP contribution is 2.14. The molecule has 2 aromatic rings. The van der Waals surface area contributed by atoms with Gasteiger partial charge in [-0.05, 0) is 24.6 Å². The molecule has 0 aliphatic carbocycles. The minimum atomic E-state index is 0.0120. The van der Waals surface area contributed by atoms with E-state index >= 15 is 0 Å². The molecule has 1 heterocycles. The molecular weight excluding hydrogens is 266 g/mol. The number of benzene rings is 1. The lowest BCUT2D eigenvalue weighted by Gasteiger charge is -2.10. The van der Waals surface area contributed by atoms with Gasteiger partial charge < -0.3 is 10.3 Å². The van der Waals surface area contributed by atoms with Crippen molar-refractivity contribution in [1.82, 2.24) is 9.55 Å². The van der Waals surface area contributed by atoms with E-state index in [0.717, 1.165) is 16.7 Å². The molecule has 4 heteroatoms. The molecule has 0 saturated heterocycles. The maximum atomic E-state index is 5.87. The number of hydrogen-bond donors (Lipinski definition) is 1. The Morgan fingerprint density at radius 2 is 2.06 bits per heavy atom. The van der Waals surface area contributed by atoms with Crippen LogP contribution in [0.5, 0.6) is 0 Å². The van der Waals surface area contributed by atoms with Gasteiger partial charge in [-0.3, -0.25) is 0 Å². The second-order valence-corrected chi connectivity index (χ2v) is 4.78. The van der Waals surface area contributed by atoms with Crippen LogP contribution in [0, 0.1) is 0 Å². The number of nitrogens with two attached hydrogens (primary N) is 1. The number of rotatable bonds is 3. The van der Waals surface area contributed by atoms with Gasteiger partial charge in [0, 0.05) is 23.3 Å². The van der Waals surface area contributed by atoms with E-state index < -0.39 is 0 Å². The third kappa shape index (κ3) is 2.51. The molecule has 3 nitrogen and oxygen atoms in total. The molecular formula is C12H14BrN3. The lowest BCUT2D eigenvalue weighted by molar-refractivity contribution is 0.674. The number of hydrogen-bond acceptors (Lipinski definition) is 2. The van der Waals surface area contributed by atoms with Crippen molar-refractivity contribution in [1.29, 1.82) is 0 Å². The molecule has 0 saturated carbocycles. The standard InChI is InChI=1S/C12H14BrN3/c1-9(14)12-6-15-8-16(12)7-10-2-4-11(13)5-3-10/h2-6,8-9H,7,14H2,1H3/t9-/m1/s1. The molecule has 0 aliphatic rings. The molecule has 0 unspecified atom stereocenters. The Hall–Kier alpha value is -1.13. The van der Waals surface area contributed by atoms with Crippen molar-refractivity contribution < 1.29 is 0 Å². The van der Waals surface area contributed by atoms with E-state index in [9.17, 15) is 0 Å². The largest absolute Gasteiger partial charge is 0.329 e. The number of nitrogens with zero attached hydrogens (tertiary/aromatic N) is 2. The van der Waals surface area contributed by atoms with E-state index in [1.807, 2.05) is 31.6 Å². The van der Waals surface area contributed by atoms with Crippen LogP contribution in [0.1, 0.15) is 24.2 Å². The Balaban J connectivity index is 2.20. The van der Waals surface area contributed by atoms with Crippen molar-refractivity contribution in [3.8, 4) is 0 Å². The Morgan fingerprint density at radius 1 is 1.38 bits per heavy atom. The summed E-state index contributed by atoms with van der Waals surface area (Å²) in [5.41, 5.74) is 8.17. The van der Waals surface area contributed by atoms with Crippen LogP contribution in [0.3, 0.4) is 0 Å². The topological polar surface area (TPSA) is 43.8 Å². The maximum absolute atomic E-state index is 5.87. The van der Waals surface area contributed by atoms with Gasteiger partial charge in [0.2, 0.25) is 0 Å². The molecule has 2 rings (SSSR count). The van der Waals surface area contributed by atoms with Gasteiger partial charge in [-0.1, -0.05) is 28.1 Å². The molecule has 1 atom stereocenters. The molecule has 0 bridgehead atoms. The highest BCUT2D eigenvalue weighted by atomic mass is 79.9. The fraction of sp³-hybridized carbons (Fsp3) is 0.250. The van der Waals surface area contributed by atoms with Crippen molar-refractivity contribution in [2.45, 2.75) is 19.5 Å². The zero-order chi connectivity index (χ0) is 11.5. The molecule has 0 radical (unpaired) electrons. The molecule has 16 heavy (non-hydrogen) atoms. The first-order valence-electron chi connectivity index (χ1n) is 5.17. The number of halogens is 1. The van der Waals surface area contributed by atoms with E-state index in [1.54, 1.807) is 0 Å². The highest BCUT2D eigenvalue weighted by molar-refractivity contribution is 9.10. The van der Waals surface area contributed by atoms with Gasteiger partial charge in [-0.2, -0.15) is 0 Å². The summed E-state index contributed by atoms with van der Waals surface area (Å²) in [6.45, 7) is 2.78. The van der Waals surface area contributed by atoms with Gasteiger partial charge in [0.25, 0.3) is 0 Å². The van der Waals surface area contributed by atoms with Gasteiger partial charge in [0.05, 0.1) is 12.0 Å². The summed E-state index contributed by atoms with van der Waals surface area (Å²) in [7, 11) is 0. The monoisotopic (exact) mass is 279 g/mol. The van der Waals surface area contributed by atoms with Crippen LogP contribution in [0.25, 0.3) is 0 Å². The highest BCUT2D eigenvalue weighted by Gasteiger charge is 2.06. The minimum absolute atomic E-state index is 0.0120. The molecule has 1 aromatic carbocycles. The van der Waals surface area contributed by atoms with Crippen LogP contribution in [-0.2, 0) is 6.54 Å². The van der Waals surface area contributed by atoms with Crippen molar-refractivity contribution in [2.75, 3.05) is 0 Å². The average molecular weight is 280 g/mol. The molecule has 0 amide bonds. The van der Waals surface area contributed by atoms with Gasteiger partial charge in [0.1, 0.15) is 0 Å². The normalized spacial score (nSPS) is 12.7. The van der Waals surface area contributed by atoms with E-state index in [1.165, 1.54) is 5.56 Å². The smallest absolute Gasteiger partial charge is 0.0951 e. The predicted molar refractivity (Wildman–Crippen MR) is 68.1 cm³/mol. The third-order valence-corrected chi connectivity index (χ3v) is 3.01. The van der Waals surface area contributed by atoms with Crippen LogP contribution in [0.15, 0.2) is 41.3 Å². The maximum Gasteiger partial charge on any atom is 0.0951 e. The quantitative estimate of drug-likeness (QED) is 0.939. The second-order valence-electron chi connectivity index (χ2n) is 3.86. The number of aromatic nitrogens is 2. The predicted octanol–water partition coefficient (Wildman–Crippen LogP) is 2.71. The molecule has 84 valence electrons. The Labute approximate surface area is 103 Å². The van der Waals surface area contributed by atoms with Gasteiger partial charge in [-0.15, -0.1) is 0 Å². The molecule has 0 aliphatic heterocycles. The van der Waals surface area contributed by atoms with Crippen molar-refractivity contribution in [3.63, 3.8) is 0 Å². The fourth-order valence-corrected chi connectivity index (χ4v) is 1.89. The zero-order valence-electron chi connectivity index (χ0n) is 9.10. The van der Waals surface area contributed by atoms with Crippen molar-refractivity contribution in [3.05, 3.63) is 52.5 Å². The summed E-state index contributed by atoms with van der Waals surface area (Å²) < 4.78 is 3.17. The Morgan fingerprint density at radius 3 is 2.69 bits per heavy atom. The lowest BCUT2D eigenvalue weighted by atomic mass is 10.2. The zero-order valence-corrected chi connectivity index (χ0v) is 10.7. The summed E-state index contributed by atoms with van der Waals surface area (Å²) in [4.78, 5) is 4.13. The first-order valence-corrected chi connectivity index (χ1v) is 5.96. The molecule has 0 fully saturated rings. The second kappa shape index (κ2) is 4.80. The first-order chi connectivity index (χ1) is 7.66. The van der Waals surface area contributed by atoms with Crippen LogP contribution in [0.4, 0.5) is 0 Å². The van der Waals surface area contributed by atoms with E-state index in [-0.39, 0.29) is 6.04 Å². The van der Waals surface area contributed by atoms with Crippen LogP contribution in [0.2, 0.25) is 0 Å². The summed E-state index contributed by atoms with van der Waals surface area (Å²) in [5, 5.41) is 0. The minimum Gasteiger partial charge on any atom is -0.329 e. The van der Waals surface area contributed by atoms with E-state index in [2.05, 4.69) is 37.6 Å². The van der Waals surface area contributed by atoms with E-state index in [0.29, 0.717) is 0 Å². The van der Waals surface area contributed by atoms with Crippen LogP contribution < -0.4 is 5.73 Å². The molecule has 2 N–H and O–H groups in total. The van der Waals surface area contributed by atoms with Crippen molar-refractivity contribution in [2.24, 2.45) is 5.73 Å². The van der Waals surface area contributed by atoms with Gasteiger partial charge >= 0.3 is 0 Å². The van der Waals surface area contributed by atoms with E-state index in [4.69, 9.17) is 5.73 Å². The summed E-state index contributed by atoms with van der Waals surface area (Å²) >= 11 is 3.42. The summed E-state index contributed by atoms with van der Waals surface area (Å²) in [6, 6.07) is 8.28. The fourth-order valence-electron chi connectivity index (χ4n) is 1.63. The Bertz CT molecular complexity index is 459. The average Bonchev–Trinajstić information content (AvgIpc) is 2.69. The molecule has 1 aromatic heterocycles. The lowest BCUT2D eigenvalue weighted by Crippen LogP contribution is -2.12. The first kappa shape index (κ1) is 11.4. The SMILES string of the molecule is C[C@@H](N)c1cncn1Cc1ccc(Br)cc1. The Kier molecular flexibility index (Phi) is 3.41. The van der Waals surface area contributed by atoms with Gasteiger partial charge in [-0.25, -0.2) is 4.98 Å². The number of imidazole rings is 1. The van der Waals surface area contributed by atoms with Crippen molar-refractivity contribution >= 4 is 15.9 Å². The van der Waals surface area contributed by atoms with Crippen LogP contribution in [-0.4, -0.2) is 9.55 Å².